The highest BCUT2D eigenvalue weighted by Gasteiger charge is 2.25. The Labute approximate surface area is 111 Å². The third-order valence-corrected chi connectivity index (χ3v) is 2.86. The van der Waals surface area contributed by atoms with Crippen LogP contribution in [0, 0.1) is 5.92 Å². The Hall–Kier alpha value is -2.11. The van der Waals surface area contributed by atoms with Gasteiger partial charge in [-0.25, -0.2) is 4.79 Å². The van der Waals surface area contributed by atoms with E-state index in [1.54, 1.807) is 27.1 Å². The molecule has 0 unspecified atom stereocenters. The van der Waals surface area contributed by atoms with Gasteiger partial charge >= 0.3 is 5.97 Å². The molecule has 0 saturated carbocycles. The summed E-state index contributed by atoms with van der Waals surface area (Å²) in [5.74, 6) is -1.96. The number of hydrogen-bond acceptors (Lipinski definition) is 3. The van der Waals surface area contributed by atoms with E-state index in [9.17, 15) is 14.4 Å². The topological polar surface area (TPSA) is 88.4 Å². The third kappa shape index (κ3) is 3.43. The van der Waals surface area contributed by atoms with Crippen LogP contribution in [0.25, 0.3) is 0 Å². The maximum atomic E-state index is 12.0. The van der Waals surface area contributed by atoms with E-state index in [0.717, 1.165) is 0 Å². The Balaban J connectivity index is 2.94. The second-order valence-electron chi connectivity index (χ2n) is 4.81. The van der Waals surface area contributed by atoms with E-state index in [-0.39, 0.29) is 17.4 Å². The lowest BCUT2D eigenvalue weighted by atomic mass is 10.0. The lowest BCUT2D eigenvalue weighted by molar-refractivity contribution is -0.140. The molecular weight excluding hydrogens is 248 g/mol. The minimum Gasteiger partial charge on any atom is -0.480 e. The summed E-state index contributed by atoms with van der Waals surface area (Å²) >= 11 is 0. The number of rotatable bonds is 5. The van der Waals surface area contributed by atoms with Gasteiger partial charge in [0.1, 0.15) is 11.7 Å². The number of nitrogens with one attached hydrogen (secondary N) is 1. The molecule has 0 saturated heterocycles. The predicted octanol–water partition coefficient (Wildman–Crippen LogP) is 1.07. The van der Waals surface area contributed by atoms with Gasteiger partial charge in [-0.1, -0.05) is 13.8 Å². The van der Waals surface area contributed by atoms with Gasteiger partial charge < -0.3 is 15.0 Å². The van der Waals surface area contributed by atoms with E-state index >= 15 is 0 Å². The highest BCUT2D eigenvalue weighted by atomic mass is 16.4. The molecule has 19 heavy (non-hydrogen) atoms. The molecule has 0 aromatic carbocycles. The van der Waals surface area contributed by atoms with Gasteiger partial charge in [0.05, 0.1) is 0 Å². The average molecular weight is 266 g/mol. The molecule has 1 heterocycles. The Morgan fingerprint density at radius 2 is 1.89 bits per heavy atom. The summed E-state index contributed by atoms with van der Waals surface area (Å²) in [6.45, 7) is 4.83. The summed E-state index contributed by atoms with van der Waals surface area (Å²) in [5, 5.41) is 11.5. The van der Waals surface area contributed by atoms with Crippen molar-refractivity contribution in [3.63, 3.8) is 0 Å². The fraction of sp³-hybridized carbons (Fsp3) is 0.462. The average Bonchev–Trinajstić information content (AvgIpc) is 2.67. The molecule has 1 aromatic heterocycles. The van der Waals surface area contributed by atoms with Gasteiger partial charge in [-0.2, -0.15) is 0 Å². The van der Waals surface area contributed by atoms with Crippen molar-refractivity contribution in [2.75, 3.05) is 0 Å². The number of nitrogens with zero attached hydrogens (tertiary/aromatic N) is 1. The molecule has 0 aliphatic carbocycles. The van der Waals surface area contributed by atoms with Crippen LogP contribution >= 0.6 is 0 Å². The van der Waals surface area contributed by atoms with E-state index in [2.05, 4.69) is 5.32 Å². The number of Topliss-reactive ketones (excluding diaryl/α,β-unsaturated/α-hetero) is 1. The largest absolute Gasteiger partial charge is 0.480 e. The van der Waals surface area contributed by atoms with Crippen LogP contribution in [0.15, 0.2) is 12.3 Å². The summed E-state index contributed by atoms with van der Waals surface area (Å²) in [6.07, 6.45) is 1.54. The van der Waals surface area contributed by atoms with E-state index in [1.807, 2.05) is 0 Å². The quantitative estimate of drug-likeness (QED) is 0.780. The maximum absolute atomic E-state index is 12.0. The maximum Gasteiger partial charge on any atom is 0.326 e. The minimum absolute atomic E-state index is 0.145. The molecule has 6 heteroatoms. The zero-order valence-electron chi connectivity index (χ0n) is 11.4. The first-order chi connectivity index (χ1) is 8.73. The SMILES string of the molecule is CC(=O)c1cc(C(=O)N[C@H](C(=O)O)C(C)C)n(C)c1. The molecule has 104 valence electrons. The van der Waals surface area contributed by atoms with Gasteiger partial charge in [0.25, 0.3) is 5.91 Å². The van der Waals surface area contributed by atoms with Crippen LogP contribution in [0.4, 0.5) is 0 Å². The molecule has 2 N–H and O–H groups in total. The fourth-order valence-corrected chi connectivity index (χ4v) is 1.71. The normalized spacial score (nSPS) is 12.3. The van der Waals surface area contributed by atoms with Gasteiger partial charge in [-0.3, -0.25) is 9.59 Å². The van der Waals surface area contributed by atoms with E-state index in [0.29, 0.717) is 5.56 Å². The number of ketones is 1. The summed E-state index contributed by atoms with van der Waals surface area (Å²) in [5.41, 5.74) is 0.682. The van der Waals surface area contributed by atoms with Gasteiger partial charge in [-0.05, 0) is 18.9 Å². The molecule has 1 rings (SSSR count). The summed E-state index contributed by atoms with van der Waals surface area (Å²) in [7, 11) is 1.63. The van der Waals surface area contributed by atoms with Crippen molar-refractivity contribution in [3.05, 3.63) is 23.5 Å². The Morgan fingerprint density at radius 1 is 1.32 bits per heavy atom. The highest BCUT2D eigenvalue weighted by molar-refractivity contribution is 6.00. The second-order valence-corrected chi connectivity index (χ2v) is 4.81. The van der Waals surface area contributed by atoms with Crippen molar-refractivity contribution in [2.24, 2.45) is 13.0 Å². The van der Waals surface area contributed by atoms with Crippen molar-refractivity contribution >= 4 is 17.7 Å². The number of aromatic nitrogens is 1. The lowest BCUT2D eigenvalue weighted by Crippen LogP contribution is -2.44. The molecule has 0 radical (unpaired) electrons. The molecule has 0 aliphatic rings. The zero-order chi connectivity index (χ0) is 14.7. The van der Waals surface area contributed by atoms with Crippen LogP contribution in [0.2, 0.25) is 0 Å². The number of carbonyl (C=O) groups excluding carboxylic acids is 2. The zero-order valence-corrected chi connectivity index (χ0v) is 11.4. The number of aliphatic carboxylic acids is 1. The van der Waals surface area contributed by atoms with Crippen LogP contribution in [-0.2, 0) is 11.8 Å². The Kier molecular flexibility index (Phi) is 4.47. The van der Waals surface area contributed by atoms with Crippen molar-refractivity contribution in [3.8, 4) is 0 Å². The fourth-order valence-electron chi connectivity index (χ4n) is 1.71. The number of carboxylic acid groups (broad SMARTS) is 1. The first-order valence-electron chi connectivity index (χ1n) is 5.95. The molecule has 0 aliphatic heterocycles. The number of amides is 1. The summed E-state index contributed by atoms with van der Waals surface area (Å²) < 4.78 is 1.51. The molecule has 0 bridgehead atoms. The van der Waals surface area contributed by atoms with Crippen LogP contribution in [0.3, 0.4) is 0 Å². The van der Waals surface area contributed by atoms with Crippen LogP contribution in [-0.4, -0.2) is 33.4 Å². The summed E-state index contributed by atoms with van der Waals surface area (Å²) in [6, 6.07) is 0.500. The van der Waals surface area contributed by atoms with Crippen molar-refractivity contribution in [1.29, 1.82) is 0 Å². The van der Waals surface area contributed by atoms with E-state index in [1.165, 1.54) is 17.6 Å². The molecule has 6 nitrogen and oxygen atoms in total. The van der Waals surface area contributed by atoms with Crippen molar-refractivity contribution in [1.82, 2.24) is 9.88 Å². The molecular formula is C13H18N2O4. The van der Waals surface area contributed by atoms with Crippen LogP contribution < -0.4 is 5.32 Å². The van der Waals surface area contributed by atoms with E-state index < -0.39 is 17.9 Å². The molecule has 1 aromatic rings. The van der Waals surface area contributed by atoms with Crippen molar-refractivity contribution in [2.45, 2.75) is 26.8 Å². The van der Waals surface area contributed by atoms with Gasteiger partial charge in [-0.15, -0.1) is 0 Å². The van der Waals surface area contributed by atoms with Gasteiger partial charge in [0.15, 0.2) is 5.78 Å². The third-order valence-electron chi connectivity index (χ3n) is 2.86. The summed E-state index contributed by atoms with van der Waals surface area (Å²) in [4.78, 5) is 34.3. The predicted molar refractivity (Wildman–Crippen MR) is 69.1 cm³/mol. The smallest absolute Gasteiger partial charge is 0.326 e. The van der Waals surface area contributed by atoms with Crippen LogP contribution in [0.1, 0.15) is 41.6 Å². The van der Waals surface area contributed by atoms with Crippen molar-refractivity contribution < 1.29 is 19.5 Å². The first-order valence-corrected chi connectivity index (χ1v) is 5.95. The Morgan fingerprint density at radius 3 is 2.26 bits per heavy atom. The highest BCUT2D eigenvalue weighted by Crippen LogP contribution is 2.10. The first kappa shape index (κ1) is 14.9. The second kappa shape index (κ2) is 5.69. The van der Waals surface area contributed by atoms with Gasteiger partial charge in [0, 0.05) is 18.8 Å². The molecule has 0 fully saturated rings. The Bertz CT molecular complexity index is 517. The standard InChI is InChI=1S/C13H18N2O4/c1-7(2)11(13(18)19)14-12(17)10-5-9(8(3)16)6-15(10)4/h5-7,11H,1-4H3,(H,14,17)(H,18,19)/t11-/m0/s1. The minimum atomic E-state index is -1.08. The molecule has 0 spiro atoms. The molecule has 1 atom stereocenters. The monoisotopic (exact) mass is 266 g/mol. The lowest BCUT2D eigenvalue weighted by Gasteiger charge is -2.17. The number of aryl methyl sites for hydroxylation is 1. The van der Waals surface area contributed by atoms with E-state index in [4.69, 9.17) is 5.11 Å². The molecule has 1 amide bonds. The van der Waals surface area contributed by atoms with Crippen LogP contribution in [0.5, 0.6) is 0 Å². The number of carboxylic acids is 1. The number of hydrogen-bond donors (Lipinski definition) is 2. The number of carbonyl (C=O) groups is 3. The van der Waals surface area contributed by atoms with Gasteiger partial charge in [0.2, 0.25) is 0 Å².